The average molecular weight is 360 g/mol. The first-order chi connectivity index (χ1) is 10.4. The van der Waals surface area contributed by atoms with Gasteiger partial charge < -0.3 is 4.74 Å². The molecule has 22 heavy (non-hydrogen) atoms. The second-order valence-electron chi connectivity index (χ2n) is 4.44. The predicted octanol–water partition coefficient (Wildman–Crippen LogP) is 3.87. The van der Waals surface area contributed by atoms with E-state index in [0.717, 1.165) is 0 Å². The van der Waals surface area contributed by atoms with Crippen LogP contribution in [-0.4, -0.2) is 15.0 Å². The molecule has 2 aromatic rings. The van der Waals surface area contributed by atoms with Crippen LogP contribution in [0.2, 0.25) is 10.0 Å². The van der Waals surface area contributed by atoms with Gasteiger partial charge in [0.2, 0.25) is 10.0 Å². The van der Waals surface area contributed by atoms with Crippen LogP contribution in [0.1, 0.15) is 12.5 Å². The van der Waals surface area contributed by atoms with Crippen molar-refractivity contribution in [2.45, 2.75) is 18.4 Å². The molecule has 0 aliphatic heterocycles. The molecule has 0 radical (unpaired) electrons. The molecule has 0 heterocycles. The molecule has 0 atom stereocenters. The summed E-state index contributed by atoms with van der Waals surface area (Å²) in [5.74, 6) is 0.263. The molecule has 0 aliphatic carbocycles. The van der Waals surface area contributed by atoms with Gasteiger partial charge in [-0.2, -0.15) is 0 Å². The summed E-state index contributed by atoms with van der Waals surface area (Å²) in [6.07, 6.45) is 0. The lowest BCUT2D eigenvalue weighted by molar-refractivity contribution is 0.331. The predicted molar refractivity (Wildman–Crippen MR) is 88.1 cm³/mol. The Hall–Kier alpha value is -1.27. The van der Waals surface area contributed by atoms with Crippen molar-refractivity contribution in [1.82, 2.24) is 4.72 Å². The van der Waals surface area contributed by atoms with Crippen molar-refractivity contribution < 1.29 is 13.2 Å². The van der Waals surface area contributed by atoms with Gasteiger partial charge in [0, 0.05) is 16.6 Å². The molecule has 0 fully saturated rings. The van der Waals surface area contributed by atoms with E-state index in [1.54, 1.807) is 37.3 Å². The molecule has 0 saturated carbocycles. The summed E-state index contributed by atoms with van der Waals surface area (Å²) >= 11 is 11.9. The monoisotopic (exact) mass is 359 g/mol. The minimum Gasteiger partial charge on any atom is -0.492 e. The maximum atomic E-state index is 12.5. The molecule has 0 spiro atoms. The summed E-state index contributed by atoms with van der Waals surface area (Å²) < 4.78 is 32.8. The second kappa shape index (κ2) is 7.33. The van der Waals surface area contributed by atoms with Crippen molar-refractivity contribution in [2.24, 2.45) is 0 Å². The van der Waals surface area contributed by atoms with Crippen LogP contribution >= 0.6 is 23.2 Å². The number of halogens is 2. The molecule has 0 saturated heterocycles. The molecule has 0 unspecified atom stereocenters. The third-order valence-corrected chi connectivity index (χ3v) is 4.93. The Morgan fingerprint density at radius 2 is 1.86 bits per heavy atom. The minimum absolute atomic E-state index is 0.00824. The average Bonchev–Trinajstić information content (AvgIpc) is 2.48. The van der Waals surface area contributed by atoms with Crippen LogP contribution in [0.25, 0.3) is 0 Å². The highest BCUT2D eigenvalue weighted by Gasteiger charge is 2.20. The first-order valence-electron chi connectivity index (χ1n) is 6.59. The Bertz CT molecular complexity index is 763. The van der Waals surface area contributed by atoms with E-state index in [4.69, 9.17) is 27.9 Å². The van der Waals surface area contributed by atoms with Crippen LogP contribution in [-0.2, 0) is 16.6 Å². The molecule has 0 bridgehead atoms. The molecule has 1 N–H and O–H groups in total. The minimum atomic E-state index is -3.77. The van der Waals surface area contributed by atoms with Gasteiger partial charge in [0.25, 0.3) is 0 Å². The number of hydrogen-bond donors (Lipinski definition) is 1. The zero-order chi connectivity index (χ0) is 16.2. The van der Waals surface area contributed by atoms with E-state index >= 15 is 0 Å². The van der Waals surface area contributed by atoms with E-state index in [0.29, 0.717) is 22.2 Å². The molecule has 7 heteroatoms. The number of benzene rings is 2. The Morgan fingerprint density at radius 1 is 1.14 bits per heavy atom. The largest absolute Gasteiger partial charge is 0.492 e. The lowest BCUT2D eigenvalue weighted by Gasteiger charge is -2.12. The van der Waals surface area contributed by atoms with Gasteiger partial charge in [-0.25, -0.2) is 13.1 Å². The van der Waals surface area contributed by atoms with Crippen molar-refractivity contribution in [3.8, 4) is 5.75 Å². The Labute approximate surface area is 140 Å². The second-order valence-corrected chi connectivity index (χ2v) is 7.02. The van der Waals surface area contributed by atoms with Gasteiger partial charge in [-0.05, 0) is 36.8 Å². The number of rotatable bonds is 6. The van der Waals surface area contributed by atoms with E-state index in [2.05, 4.69) is 4.72 Å². The van der Waals surface area contributed by atoms with E-state index in [9.17, 15) is 8.42 Å². The Kier molecular flexibility index (Phi) is 5.69. The summed E-state index contributed by atoms with van der Waals surface area (Å²) in [5.41, 5.74) is 0.688. The van der Waals surface area contributed by atoms with Crippen molar-refractivity contribution >= 4 is 33.2 Å². The summed E-state index contributed by atoms with van der Waals surface area (Å²) in [5, 5.41) is 0.822. The number of sulfonamides is 1. The number of ether oxygens (including phenoxy) is 1. The van der Waals surface area contributed by atoms with E-state index in [-0.39, 0.29) is 17.2 Å². The van der Waals surface area contributed by atoms with Crippen LogP contribution in [0, 0.1) is 0 Å². The zero-order valence-corrected chi connectivity index (χ0v) is 14.2. The molecular formula is C15H15Cl2NO3S. The third-order valence-electron chi connectivity index (χ3n) is 2.91. The number of hydrogen-bond acceptors (Lipinski definition) is 3. The van der Waals surface area contributed by atoms with Gasteiger partial charge in [-0.15, -0.1) is 0 Å². The standard InChI is InChI=1S/C15H15Cl2NO3S/c1-2-21-14-8-7-12(16)9-15(14)22(19,20)18-10-11-5-3-4-6-13(11)17/h3-9,18H,2,10H2,1H3. The van der Waals surface area contributed by atoms with Crippen molar-refractivity contribution in [3.05, 3.63) is 58.1 Å². The molecule has 4 nitrogen and oxygen atoms in total. The summed E-state index contributed by atoms with van der Waals surface area (Å²) in [6, 6.07) is 11.5. The fourth-order valence-corrected chi connectivity index (χ4v) is 3.47. The van der Waals surface area contributed by atoms with Gasteiger partial charge in [-0.1, -0.05) is 41.4 Å². The first kappa shape index (κ1) is 17.1. The zero-order valence-electron chi connectivity index (χ0n) is 11.8. The fourth-order valence-electron chi connectivity index (χ4n) is 1.86. The highest BCUT2D eigenvalue weighted by Crippen LogP contribution is 2.27. The first-order valence-corrected chi connectivity index (χ1v) is 8.83. The Balaban J connectivity index is 2.27. The van der Waals surface area contributed by atoms with Gasteiger partial charge in [0.1, 0.15) is 10.6 Å². The van der Waals surface area contributed by atoms with Crippen molar-refractivity contribution in [2.75, 3.05) is 6.61 Å². The van der Waals surface area contributed by atoms with Gasteiger partial charge in [0.05, 0.1) is 6.61 Å². The van der Waals surface area contributed by atoms with E-state index < -0.39 is 10.0 Å². The fraction of sp³-hybridized carbons (Fsp3) is 0.200. The molecule has 0 aromatic heterocycles. The van der Waals surface area contributed by atoms with Crippen molar-refractivity contribution in [3.63, 3.8) is 0 Å². The van der Waals surface area contributed by atoms with Crippen LogP contribution < -0.4 is 9.46 Å². The molecule has 0 amide bonds. The maximum absolute atomic E-state index is 12.5. The smallest absolute Gasteiger partial charge is 0.244 e. The topological polar surface area (TPSA) is 55.4 Å². The van der Waals surface area contributed by atoms with Gasteiger partial charge in [-0.3, -0.25) is 0 Å². The molecular weight excluding hydrogens is 345 g/mol. The lowest BCUT2D eigenvalue weighted by atomic mass is 10.2. The summed E-state index contributed by atoms with van der Waals surface area (Å²) in [6.45, 7) is 2.22. The number of nitrogens with one attached hydrogen (secondary N) is 1. The SMILES string of the molecule is CCOc1ccc(Cl)cc1S(=O)(=O)NCc1ccccc1Cl. The van der Waals surface area contributed by atoms with E-state index in [1.807, 2.05) is 0 Å². The van der Waals surface area contributed by atoms with Gasteiger partial charge in [0.15, 0.2) is 0 Å². The lowest BCUT2D eigenvalue weighted by Crippen LogP contribution is -2.24. The quantitative estimate of drug-likeness (QED) is 0.851. The summed E-state index contributed by atoms with van der Waals surface area (Å²) in [7, 11) is -3.77. The van der Waals surface area contributed by atoms with Crippen LogP contribution in [0.5, 0.6) is 5.75 Å². The third kappa shape index (κ3) is 4.14. The summed E-state index contributed by atoms with van der Waals surface area (Å²) in [4.78, 5) is 0.00824. The van der Waals surface area contributed by atoms with Crippen LogP contribution in [0.4, 0.5) is 0 Å². The maximum Gasteiger partial charge on any atom is 0.244 e. The molecule has 118 valence electrons. The Morgan fingerprint density at radius 3 is 2.55 bits per heavy atom. The van der Waals surface area contributed by atoms with E-state index in [1.165, 1.54) is 12.1 Å². The van der Waals surface area contributed by atoms with Crippen LogP contribution in [0.15, 0.2) is 47.4 Å². The van der Waals surface area contributed by atoms with Crippen molar-refractivity contribution in [1.29, 1.82) is 0 Å². The van der Waals surface area contributed by atoms with Gasteiger partial charge >= 0.3 is 0 Å². The highest BCUT2D eigenvalue weighted by molar-refractivity contribution is 7.89. The molecule has 2 rings (SSSR count). The molecule has 0 aliphatic rings. The highest BCUT2D eigenvalue weighted by atomic mass is 35.5. The normalized spacial score (nSPS) is 11.4. The molecule has 2 aromatic carbocycles. The van der Waals surface area contributed by atoms with Crippen LogP contribution in [0.3, 0.4) is 0 Å².